The maximum Gasteiger partial charge on any atom is 0.0822 e. The van der Waals surface area contributed by atoms with Gasteiger partial charge in [-0.3, -0.25) is 9.80 Å². The van der Waals surface area contributed by atoms with Gasteiger partial charge in [0.2, 0.25) is 0 Å². The number of aliphatic hydroxyl groups excluding tert-OH is 2. The molecule has 2 aliphatic heterocycles. The molecule has 128 valence electrons. The lowest BCUT2D eigenvalue weighted by Crippen LogP contribution is -2.55. The average molecular weight is 318 g/mol. The number of hydrogen-bond donors (Lipinski definition) is 2. The van der Waals surface area contributed by atoms with E-state index in [2.05, 4.69) is 41.8 Å². The molecule has 4 nitrogen and oxygen atoms in total. The van der Waals surface area contributed by atoms with Gasteiger partial charge in [-0.15, -0.1) is 0 Å². The van der Waals surface area contributed by atoms with Gasteiger partial charge < -0.3 is 10.2 Å². The number of nitrogens with zero attached hydrogens (tertiary/aromatic N) is 2. The highest BCUT2D eigenvalue weighted by atomic mass is 16.3. The van der Waals surface area contributed by atoms with Crippen LogP contribution in [0.2, 0.25) is 0 Å². The summed E-state index contributed by atoms with van der Waals surface area (Å²) in [6, 6.07) is 6.91. The van der Waals surface area contributed by atoms with E-state index in [1.165, 1.54) is 16.7 Å². The van der Waals surface area contributed by atoms with Crippen LogP contribution in [0.5, 0.6) is 0 Å². The molecule has 0 unspecified atom stereocenters. The molecule has 0 bridgehead atoms. The van der Waals surface area contributed by atoms with E-state index < -0.39 is 0 Å². The Morgan fingerprint density at radius 1 is 1.00 bits per heavy atom. The first-order valence-electron chi connectivity index (χ1n) is 8.91. The highest BCUT2D eigenvalue weighted by Gasteiger charge is 2.33. The van der Waals surface area contributed by atoms with Crippen LogP contribution in [0, 0.1) is 13.8 Å². The summed E-state index contributed by atoms with van der Waals surface area (Å²) in [7, 11) is 0. The van der Waals surface area contributed by atoms with E-state index in [4.69, 9.17) is 0 Å². The minimum Gasteiger partial charge on any atom is -0.393 e. The molecule has 2 atom stereocenters. The highest BCUT2D eigenvalue weighted by molar-refractivity contribution is 5.29. The largest absolute Gasteiger partial charge is 0.393 e. The molecule has 2 aliphatic rings. The van der Waals surface area contributed by atoms with E-state index >= 15 is 0 Å². The van der Waals surface area contributed by atoms with E-state index in [1.807, 2.05) is 0 Å². The summed E-state index contributed by atoms with van der Waals surface area (Å²) in [6.07, 6.45) is 2.27. The Labute approximate surface area is 139 Å². The molecule has 1 aromatic carbocycles. The molecule has 23 heavy (non-hydrogen) atoms. The maximum atomic E-state index is 10.6. The van der Waals surface area contributed by atoms with Crippen molar-refractivity contribution in [3.8, 4) is 0 Å². The van der Waals surface area contributed by atoms with Gasteiger partial charge in [0.25, 0.3) is 0 Å². The van der Waals surface area contributed by atoms with Crippen LogP contribution >= 0.6 is 0 Å². The predicted octanol–water partition coefficient (Wildman–Crippen LogP) is 1.70. The third kappa shape index (κ3) is 4.13. The van der Waals surface area contributed by atoms with Crippen molar-refractivity contribution < 1.29 is 10.2 Å². The van der Waals surface area contributed by atoms with E-state index in [1.54, 1.807) is 0 Å². The molecule has 0 radical (unpaired) electrons. The Balaban J connectivity index is 1.54. The zero-order chi connectivity index (χ0) is 16.4. The predicted molar refractivity (Wildman–Crippen MR) is 92.4 cm³/mol. The monoisotopic (exact) mass is 318 g/mol. The van der Waals surface area contributed by atoms with E-state index in [0.717, 1.165) is 52.0 Å². The molecule has 4 heteroatoms. The molecule has 0 spiro atoms. The Kier molecular flexibility index (Phi) is 5.37. The van der Waals surface area contributed by atoms with Crippen molar-refractivity contribution in [2.45, 2.75) is 57.9 Å². The number of β-amino-alcohol motifs (C(OH)–C–C–N with tert-alkyl or cyclic N) is 1. The lowest BCUT2D eigenvalue weighted by molar-refractivity contribution is -0.0355. The zero-order valence-corrected chi connectivity index (χ0v) is 14.4. The third-order valence-corrected chi connectivity index (χ3v) is 5.58. The summed E-state index contributed by atoms with van der Waals surface area (Å²) in [4.78, 5) is 4.74. The minimum absolute atomic E-state index is 0.145. The number of likely N-dealkylation sites (tertiary alicyclic amines) is 2. The molecular formula is C19H30N2O2. The molecule has 0 aliphatic carbocycles. The van der Waals surface area contributed by atoms with Gasteiger partial charge in [0, 0.05) is 38.8 Å². The number of hydrogen-bond acceptors (Lipinski definition) is 4. The number of rotatable bonds is 3. The first kappa shape index (κ1) is 16.9. The fourth-order valence-electron chi connectivity index (χ4n) is 3.93. The number of benzene rings is 1. The molecule has 3 rings (SSSR count). The van der Waals surface area contributed by atoms with E-state index in [-0.39, 0.29) is 18.2 Å². The quantitative estimate of drug-likeness (QED) is 0.890. The first-order chi connectivity index (χ1) is 11.0. The smallest absolute Gasteiger partial charge is 0.0822 e. The topological polar surface area (TPSA) is 46.9 Å². The van der Waals surface area contributed by atoms with Crippen LogP contribution in [0.3, 0.4) is 0 Å². The number of aryl methyl sites for hydroxylation is 2. The lowest BCUT2D eigenvalue weighted by atomic mass is 9.96. The van der Waals surface area contributed by atoms with Crippen LogP contribution in [0.4, 0.5) is 0 Å². The van der Waals surface area contributed by atoms with Crippen LogP contribution in [0.25, 0.3) is 0 Å². The summed E-state index contributed by atoms with van der Waals surface area (Å²) in [5.41, 5.74) is 4.00. The van der Waals surface area contributed by atoms with Crippen LogP contribution in [-0.4, -0.2) is 64.4 Å². The Hall–Kier alpha value is -0.940. The van der Waals surface area contributed by atoms with Gasteiger partial charge in [0.1, 0.15) is 0 Å². The highest BCUT2D eigenvalue weighted by Crippen LogP contribution is 2.23. The molecule has 0 aromatic heterocycles. The lowest BCUT2D eigenvalue weighted by Gasteiger charge is -2.43. The SMILES string of the molecule is Cc1ccc(CN2CC[C@@H](N3CCC(O)CC3)[C@H](O)C2)cc1C. The molecule has 0 amide bonds. The normalized spacial score (nSPS) is 28.2. The van der Waals surface area contributed by atoms with Crippen molar-refractivity contribution >= 4 is 0 Å². The van der Waals surface area contributed by atoms with Crippen LogP contribution in [0.15, 0.2) is 18.2 Å². The van der Waals surface area contributed by atoms with Crippen molar-refractivity contribution in [1.29, 1.82) is 0 Å². The van der Waals surface area contributed by atoms with Gasteiger partial charge in [-0.25, -0.2) is 0 Å². The van der Waals surface area contributed by atoms with Gasteiger partial charge in [0.15, 0.2) is 0 Å². The Morgan fingerprint density at radius 3 is 2.39 bits per heavy atom. The van der Waals surface area contributed by atoms with Crippen LogP contribution in [-0.2, 0) is 6.54 Å². The van der Waals surface area contributed by atoms with Gasteiger partial charge in [0.05, 0.1) is 12.2 Å². The molecule has 1 aromatic rings. The van der Waals surface area contributed by atoms with Crippen molar-refractivity contribution in [3.63, 3.8) is 0 Å². The van der Waals surface area contributed by atoms with Crippen molar-refractivity contribution in [2.24, 2.45) is 0 Å². The second-order valence-electron chi connectivity index (χ2n) is 7.34. The van der Waals surface area contributed by atoms with Gasteiger partial charge in [-0.2, -0.15) is 0 Å². The third-order valence-electron chi connectivity index (χ3n) is 5.58. The maximum absolute atomic E-state index is 10.6. The van der Waals surface area contributed by atoms with Gasteiger partial charge in [-0.05, 0) is 49.8 Å². The summed E-state index contributed by atoms with van der Waals surface area (Å²) in [5.74, 6) is 0. The Morgan fingerprint density at radius 2 is 1.74 bits per heavy atom. The van der Waals surface area contributed by atoms with E-state index in [9.17, 15) is 10.2 Å². The average Bonchev–Trinajstić information content (AvgIpc) is 2.52. The molecular weight excluding hydrogens is 288 g/mol. The molecule has 2 fully saturated rings. The van der Waals surface area contributed by atoms with Gasteiger partial charge >= 0.3 is 0 Å². The fraction of sp³-hybridized carbons (Fsp3) is 0.684. The van der Waals surface area contributed by atoms with Crippen molar-refractivity contribution in [3.05, 3.63) is 34.9 Å². The molecule has 0 saturated carbocycles. The standard InChI is InChI=1S/C19H30N2O2/c1-14-3-4-16(11-15(14)2)12-20-8-7-18(19(23)13-20)21-9-5-17(22)6-10-21/h3-4,11,17-19,22-23H,5-10,12-13H2,1-2H3/t18-,19-/m1/s1. The zero-order valence-electron chi connectivity index (χ0n) is 14.4. The van der Waals surface area contributed by atoms with Crippen molar-refractivity contribution in [2.75, 3.05) is 26.2 Å². The second-order valence-corrected chi connectivity index (χ2v) is 7.34. The van der Waals surface area contributed by atoms with Crippen LogP contribution < -0.4 is 0 Å². The van der Waals surface area contributed by atoms with Gasteiger partial charge in [-0.1, -0.05) is 18.2 Å². The first-order valence-corrected chi connectivity index (χ1v) is 8.91. The minimum atomic E-state index is -0.287. The molecule has 2 saturated heterocycles. The fourth-order valence-corrected chi connectivity index (χ4v) is 3.93. The summed E-state index contributed by atoms with van der Waals surface area (Å²) < 4.78 is 0. The summed E-state index contributed by atoms with van der Waals surface area (Å²) in [6.45, 7) is 8.84. The Bertz CT molecular complexity index is 526. The number of piperidine rings is 2. The van der Waals surface area contributed by atoms with Crippen LogP contribution in [0.1, 0.15) is 36.0 Å². The molecule has 2 heterocycles. The summed E-state index contributed by atoms with van der Waals surface area (Å²) in [5, 5.41) is 20.2. The van der Waals surface area contributed by atoms with Crippen molar-refractivity contribution in [1.82, 2.24) is 9.80 Å². The second kappa shape index (κ2) is 7.31. The molecule has 2 N–H and O–H groups in total. The number of aliphatic hydroxyl groups is 2. The summed E-state index contributed by atoms with van der Waals surface area (Å²) >= 11 is 0. The van der Waals surface area contributed by atoms with E-state index in [0.29, 0.717) is 0 Å².